The number of halogens is 2. The van der Waals surface area contributed by atoms with E-state index in [2.05, 4.69) is 13.8 Å². The van der Waals surface area contributed by atoms with Crippen LogP contribution < -0.4 is 5.73 Å². The monoisotopic (exact) mass is 194 g/mol. The standard InChI is InChI=1S/C9H20F2N2/c1-8(2)3-5-13(6-4-12)7-9(10)11/h8-9H,3-7,12H2,1-2H3. The van der Waals surface area contributed by atoms with Gasteiger partial charge in [0.25, 0.3) is 6.43 Å². The molecule has 0 fully saturated rings. The van der Waals surface area contributed by atoms with E-state index < -0.39 is 6.43 Å². The van der Waals surface area contributed by atoms with Gasteiger partial charge in [-0.1, -0.05) is 13.8 Å². The Morgan fingerprint density at radius 3 is 2.23 bits per heavy atom. The third-order valence-electron chi connectivity index (χ3n) is 1.86. The summed E-state index contributed by atoms with van der Waals surface area (Å²) >= 11 is 0. The molecule has 0 spiro atoms. The van der Waals surface area contributed by atoms with Crippen molar-refractivity contribution in [2.45, 2.75) is 26.7 Å². The lowest BCUT2D eigenvalue weighted by atomic mass is 10.1. The zero-order valence-corrected chi connectivity index (χ0v) is 8.47. The zero-order valence-electron chi connectivity index (χ0n) is 8.47. The third kappa shape index (κ3) is 8.12. The minimum Gasteiger partial charge on any atom is -0.329 e. The Morgan fingerprint density at radius 2 is 1.85 bits per heavy atom. The first-order valence-corrected chi connectivity index (χ1v) is 4.76. The van der Waals surface area contributed by atoms with Gasteiger partial charge in [-0.2, -0.15) is 0 Å². The van der Waals surface area contributed by atoms with E-state index in [0.717, 1.165) is 13.0 Å². The van der Waals surface area contributed by atoms with E-state index in [1.807, 2.05) is 0 Å². The molecule has 0 aliphatic rings. The van der Waals surface area contributed by atoms with Crippen LogP contribution in [0.25, 0.3) is 0 Å². The number of nitrogens with two attached hydrogens (primary N) is 1. The molecular weight excluding hydrogens is 174 g/mol. The molecule has 0 bridgehead atoms. The van der Waals surface area contributed by atoms with E-state index in [0.29, 0.717) is 19.0 Å². The van der Waals surface area contributed by atoms with Gasteiger partial charge >= 0.3 is 0 Å². The molecule has 0 aromatic carbocycles. The van der Waals surface area contributed by atoms with Crippen molar-refractivity contribution in [2.75, 3.05) is 26.2 Å². The van der Waals surface area contributed by atoms with Crippen LogP contribution >= 0.6 is 0 Å². The Hall–Kier alpha value is -0.220. The summed E-state index contributed by atoms with van der Waals surface area (Å²) in [5, 5.41) is 0. The molecule has 2 N–H and O–H groups in total. The van der Waals surface area contributed by atoms with E-state index in [9.17, 15) is 8.78 Å². The normalized spacial score (nSPS) is 12.0. The summed E-state index contributed by atoms with van der Waals surface area (Å²) in [5.74, 6) is 0.554. The van der Waals surface area contributed by atoms with Gasteiger partial charge in [0.1, 0.15) is 0 Å². The first-order valence-electron chi connectivity index (χ1n) is 4.76. The molecule has 0 amide bonds. The molecule has 0 rings (SSSR count). The average molecular weight is 194 g/mol. The summed E-state index contributed by atoms with van der Waals surface area (Å²) in [5.41, 5.74) is 5.32. The van der Waals surface area contributed by atoms with Crippen LogP contribution in [0, 0.1) is 5.92 Å². The van der Waals surface area contributed by atoms with Crippen LogP contribution in [0.15, 0.2) is 0 Å². The second-order valence-electron chi connectivity index (χ2n) is 3.66. The molecular formula is C9H20F2N2. The number of nitrogens with zero attached hydrogens (tertiary/aromatic N) is 1. The molecule has 0 saturated carbocycles. The van der Waals surface area contributed by atoms with Gasteiger partial charge < -0.3 is 5.73 Å². The van der Waals surface area contributed by atoms with E-state index in [1.54, 1.807) is 4.90 Å². The second-order valence-corrected chi connectivity index (χ2v) is 3.66. The van der Waals surface area contributed by atoms with Crippen LogP contribution in [0.3, 0.4) is 0 Å². The predicted octanol–water partition coefficient (Wildman–Crippen LogP) is 1.56. The summed E-state index contributed by atoms with van der Waals surface area (Å²) in [7, 11) is 0. The maximum Gasteiger partial charge on any atom is 0.251 e. The van der Waals surface area contributed by atoms with Crippen LogP contribution in [-0.2, 0) is 0 Å². The fourth-order valence-corrected chi connectivity index (χ4v) is 1.11. The van der Waals surface area contributed by atoms with Crippen molar-refractivity contribution >= 4 is 0 Å². The Labute approximate surface area is 79.1 Å². The summed E-state index contributed by atoms with van der Waals surface area (Å²) in [6.45, 7) is 5.76. The molecule has 4 heteroatoms. The summed E-state index contributed by atoms with van der Waals surface area (Å²) < 4.78 is 24.1. The molecule has 0 heterocycles. The Kier molecular flexibility index (Phi) is 7.09. The highest BCUT2D eigenvalue weighted by atomic mass is 19.3. The average Bonchev–Trinajstić information content (AvgIpc) is 1.99. The second kappa shape index (κ2) is 7.21. The van der Waals surface area contributed by atoms with Crippen molar-refractivity contribution in [1.29, 1.82) is 0 Å². The topological polar surface area (TPSA) is 29.3 Å². The molecule has 0 aromatic rings. The van der Waals surface area contributed by atoms with Crippen LogP contribution in [0.5, 0.6) is 0 Å². The van der Waals surface area contributed by atoms with Crippen LogP contribution in [-0.4, -0.2) is 37.5 Å². The van der Waals surface area contributed by atoms with Gasteiger partial charge in [0.2, 0.25) is 0 Å². The van der Waals surface area contributed by atoms with Crippen molar-refractivity contribution in [3.05, 3.63) is 0 Å². The lowest BCUT2D eigenvalue weighted by Gasteiger charge is -2.21. The van der Waals surface area contributed by atoms with Gasteiger partial charge in [-0.3, -0.25) is 4.90 Å². The number of hydrogen-bond acceptors (Lipinski definition) is 2. The molecule has 13 heavy (non-hydrogen) atoms. The predicted molar refractivity (Wildman–Crippen MR) is 51.0 cm³/mol. The Balaban J connectivity index is 3.66. The molecule has 0 aliphatic carbocycles. The van der Waals surface area contributed by atoms with Gasteiger partial charge in [0.15, 0.2) is 0 Å². The van der Waals surface area contributed by atoms with Crippen LogP contribution in [0.2, 0.25) is 0 Å². The molecule has 0 radical (unpaired) electrons. The number of hydrogen-bond donors (Lipinski definition) is 1. The van der Waals surface area contributed by atoms with Crippen molar-refractivity contribution in [3.63, 3.8) is 0 Å². The SMILES string of the molecule is CC(C)CCN(CCN)CC(F)F. The highest BCUT2D eigenvalue weighted by molar-refractivity contribution is 4.60. The largest absolute Gasteiger partial charge is 0.329 e. The molecule has 0 unspecified atom stereocenters. The maximum atomic E-state index is 12.1. The van der Waals surface area contributed by atoms with Crippen LogP contribution in [0.4, 0.5) is 8.78 Å². The van der Waals surface area contributed by atoms with Crippen molar-refractivity contribution < 1.29 is 8.78 Å². The molecule has 0 saturated heterocycles. The minimum atomic E-state index is -2.25. The summed E-state index contributed by atoms with van der Waals surface area (Å²) in [6, 6.07) is 0. The Morgan fingerprint density at radius 1 is 1.23 bits per heavy atom. The number of rotatable bonds is 7. The quantitative estimate of drug-likeness (QED) is 0.666. The highest BCUT2D eigenvalue weighted by Crippen LogP contribution is 2.04. The first kappa shape index (κ1) is 12.8. The van der Waals surface area contributed by atoms with Gasteiger partial charge in [0, 0.05) is 13.1 Å². The Bertz CT molecular complexity index is 118. The summed E-state index contributed by atoms with van der Waals surface area (Å²) in [6.07, 6.45) is -1.30. The molecule has 2 nitrogen and oxygen atoms in total. The zero-order chi connectivity index (χ0) is 10.3. The third-order valence-corrected chi connectivity index (χ3v) is 1.86. The van der Waals surface area contributed by atoms with Crippen molar-refractivity contribution in [3.8, 4) is 0 Å². The fourth-order valence-electron chi connectivity index (χ4n) is 1.11. The van der Waals surface area contributed by atoms with Gasteiger partial charge in [-0.15, -0.1) is 0 Å². The first-order chi connectivity index (χ1) is 6.06. The van der Waals surface area contributed by atoms with E-state index >= 15 is 0 Å². The van der Waals surface area contributed by atoms with Crippen molar-refractivity contribution in [1.82, 2.24) is 4.90 Å². The van der Waals surface area contributed by atoms with Crippen molar-refractivity contribution in [2.24, 2.45) is 11.7 Å². The fraction of sp³-hybridized carbons (Fsp3) is 1.00. The van der Waals surface area contributed by atoms with Gasteiger partial charge in [0.05, 0.1) is 6.54 Å². The van der Waals surface area contributed by atoms with Gasteiger partial charge in [-0.25, -0.2) is 8.78 Å². The van der Waals surface area contributed by atoms with Crippen LogP contribution in [0.1, 0.15) is 20.3 Å². The summed E-state index contributed by atoms with van der Waals surface area (Å²) in [4.78, 5) is 1.73. The van der Waals surface area contributed by atoms with E-state index in [-0.39, 0.29) is 6.54 Å². The smallest absolute Gasteiger partial charge is 0.251 e. The van der Waals surface area contributed by atoms with Gasteiger partial charge in [-0.05, 0) is 18.9 Å². The maximum absolute atomic E-state index is 12.1. The minimum absolute atomic E-state index is 0.149. The van der Waals surface area contributed by atoms with E-state index in [4.69, 9.17) is 5.73 Å². The lowest BCUT2D eigenvalue weighted by molar-refractivity contribution is 0.0873. The van der Waals surface area contributed by atoms with E-state index in [1.165, 1.54) is 0 Å². The highest BCUT2D eigenvalue weighted by Gasteiger charge is 2.11. The lowest BCUT2D eigenvalue weighted by Crippen LogP contribution is -2.34. The molecule has 0 aromatic heterocycles. The molecule has 0 atom stereocenters. The number of alkyl halides is 2. The molecule has 0 aliphatic heterocycles. The molecule has 80 valence electrons.